The Bertz CT molecular complexity index is 396. The van der Waals surface area contributed by atoms with E-state index in [0.29, 0.717) is 5.69 Å². The summed E-state index contributed by atoms with van der Waals surface area (Å²) in [4.78, 5) is 13.8. The number of amides is 1. The Labute approximate surface area is 95.2 Å². The molecule has 0 unspecified atom stereocenters. The Morgan fingerprint density at radius 3 is 2.88 bits per heavy atom. The van der Waals surface area contributed by atoms with Gasteiger partial charge >= 0.3 is 0 Å². The summed E-state index contributed by atoms with van der Waals surface area (Å²) >= 11 is 0. The number of nitrogens with two attached hydrogens (primary N) is 1. The number of nitrogens with zero attached hydrogens (tertiary/aromatic N) is 3. The van der Waals surface area contributed by atoms with Crippen LogP contribution in [0.2, 0.25) is 0 Å². The van der Waals surface area contributed by atoms with E-state index in [0.717, 1.165) is 19.5 Å². The lowest BCUT2D eigenvalue weighted by molar-refractivity contribution is -0.131. The number of aromatic nitrogens is 2. The van der Waals surface area contributed by atoms with Crippen LogP contribution in [0.15, 0.2) is 12.4 Å². The van der Waals surface area contributed by atoms with E-state index in [1.54, 1.807) is 17.1 Å². The fraction of sp³-hybridized carbons (Fsp3) is 0.636. The second-order valence-corrected chi connectivity index (χ2v) is 5.20. The van der Waals surface area contributed by atoms with Crippen molar-refractivity contribution in [3.05, 3.63) is 12.4 Å². The zero-order valence-corrected chi connectivity index (χ0v) is 9.81. The molecule has 88 valence electrons. The van der Waals surface area contributed by atoms with Gasteiger partial charge in [-0.15, -0.1) is 0 Å². The van der Waals surface area contributed by atoms with Crippen LogP contribution in [0.25, 0.3) is 0 Å². The highest BCUT2D eigenvalue weighted by molar-refractivity contribution is 5.76. The van der Waals surface area contributed by atoms with Crippen molar-refractivity contribution in [1.82, 2.24) is 14.7 Å². The second kappa shape index (κ2) is 3.81. The van der Waals surface area contributed by atoms with Gasteiger partial charge in [-0.2, -0.15) is 5.10 Å². The normalized spacial score (nSPS) is 19.0. The quantitative estimate of drug-likeness (QED) is 0.802. The molecule has 5 nitrogen and oxygen atoms in total. The molecule has 1 amide bonds. The van der Waals surface area contributed by atoms with Crippen LogP contribution in [0.5, 0.6) is 0 Å². The highest BCUT2D eigenvalue weighted by Crippen LogP contribution is 2.28. The first-order valence-corrected chi connectivity index (χ1v) is 5.52. The molecule has 1 aliphatic heterocycles. The van der Waals surface area contributed by atoms with E-state index < -0.39 is 0 Å². The maximum absolute atomic E-state index is 11.9. The van der Waals surface area contributed by atoms with Crippen molar-refractivity contribution in [1.29, 1.82) is 0 Å². The first-order valence-electron chi connectivity index (χ1n) is 5.52. The van der Waals surface area contributed by atoms with Gasteiger partial charge in [0, 0.05) is 19.3 Å². The fourth-order valence-electron chi connectivity index (χ4n) is 2.03. The number of carbonyl (C=O) groups excluding carboxylic acids is 1. The molecule has 5 heteroatoms. The molecule has 2 rings (SSSR count). The molecule has 1 aromatic rings. The van der Waals surface area contributed by atoms with Gasteiger partial charge in [-0.3, -0.25) is 9.48 Å². The van der Waals surface area contributed by atoms with Crippen molar-refractivity contribution in [2.45, 2.75) is 26.8 Å². The minimum Gasteiger partial charge on any atom is -0.396 e. The molecule has 0 spiro atoms. The fourth-order valence-corrected chi connectivity index (χ4v) is 2.03. The number of likely N-dealkylation sites (tertiary alicyclic amines) is 1. The predicted molar refractivity (Wildman–Crippen MR) is 61.6 cm³/mol. The minimum atomic E-state index is 0.119. The Balaban J connectivity index is 1.94. The second-order valence-electron chi connectivity index (χ2n) is 5.20. The van der Waals surface area contributed by atoms with Crippen LogP contribution in [0.1, 0.15) is 20.3 Å². The summed E-state index contributed by atoms with van der Waals surface area (Å²) in [5.74, 6) is 0.119. The van der Waals surface area contributed by atoms with Crippen molar-refractivity contribution in [3.8, 4) is 0 Å². The van der Waals surface area contributed by atoms with Crippen LogP contribution < -0.4 is 5.73 Å². The number of hydrogen-bond donors (Lipinski definition) is 1. The summed E-state index contributed by atoms with van der Waals surface area (Å²) < 4.78 is 1.59. The van der Waals surface area contributed by atoms with Gasteiger partial charge in [0.15, 0.2) is 0 Å². The minimum absolute atomic E-state index is 0.119. The molecular weight excluding hydrogens is 204 g/mol. The largest absolute Gasteiger partial charge is 0.396 e. The summed E-state index contributed by atoms with van der Waals surface area (Å²) in [6.45, 7) is 6.34. The molecule has 1 saturated heterocycles. The molecule has 0 bridgehead atoms. The topological polar surface area (TPSA) is 64.2 Å². The van der Waals surface area contributed by atoms with Gasteiger partial charge in [-0.05, 0) is 11.8 Å². The van der Waals surface area contributed by atoms with E-state index in [4.69, 9.17) is 5.73 Å². The molecule has 16 heavy (non-hydrogen) atoms. The van der Waals surface area contributed by atoms with Gasteiger partial charge in [0.05, 0.1) is 11.9 Å². The van der Waals surface area contributed by atoms with Crippen LogP contribution in [-0.4, -0.2) is 33.7 Å². The van der Waals surface area contributed by atoms with Gasteiger partial charge in [0.25, 0.3) is 0 Å². The van der Waals surface area contributed by atoms with Gasteiger partial charge < -0.3 is 10.6 Å². The summed E-state index contributed by atoms with van der Waals surface area (Å²) in [5.41, 5.74) is 6.38. The van der Waals surface area contributed by atoms with Crippen LogP contribution in [-0.2, 0) is 11.3 Å². The molecule has 0 aromatic carbocycles. The molecule has 0 saturated carbocycles. The van der Waals surface area contributed by atoms with Gasteiger partial charge in [-0.25, -0.2) is 0 Å². The van der Waals surface area contributed by atoms with E-state index in [1.807, 2.05) is 4.90 Å². The average Bonchev–Trinajstić information content (AvgIpc) is 2.72. The van der Waals surface area contributed by atoms with Gasteiger partial charge in [0.2, 0.25) is 5.91 Å². The number of nitrogen functional groups attached to an aromatic ring is 1. The molecule has 0 atom stereocenters. The number of hydrogen-bond acceptors (Lipinski definition) is 3. The monoisotopic (exact) mass is 222 g/mol. The summed E-state index contributed by atoms with van der Waals surface area (Å²) in [7, 11) is 0. The highest BCUT2D eigenvalue weighted by atomic mass is 16.2. The van der Waals surface area contributed by atoms with Crippen LogP contribution in [0, 0.1) is 5.41 Å². The molecular formula is C11H18N4O. The lowest BCUT2D eigenvalue weighted by Gasteiger charge is -2.19. The highest BCUT2D eigenvalue weighted by Gasteiger charge is 2.31. The van der Waals surface area contributed by atoms with Crippen LogP contribution in [0.3, 0.4) is 0 Å². The van der Waals surface area contributed by atoms with Crippen molar-refractivity contribution in [2.24, 2.45) is 5.41 Å². The van der Waals surface area contributed by atoms with E-state index >= 15 is 0 Å². The molecule has 0 radical (unpaired) electrons. The number of rotatable bonds is 2. The summed E-state index contributed by atoms with van der Waals surface area (Å²) in [6.07, 6.45) is 4.31. The first-order chi connectivity index (χ1) is 7.46. The molecule has 1 fully saturated rings. The third-order valence-electron chi connectivity index (χ3n) is 2.98. The van der Waals surface area contributed by atoms with Crippen LogP contribution >= 0.6 is 0 Å². The number of carbonyl (C=O) groups is 1. The van der Waals surface area contributed by atoms with E-state index in [9.17, 15) is 4.79 Å². The zero-order chi connectivity index (χ0) is 11.8. The summed E-state index contributed by atoms with van der Waals surface area (Å²) in [6, 6.07) is 0. The average molecular weight is 222 g/mol. The predicted octanol–water partition coefficient (Wildman–Crippen LogP) is 0.724. The Morgan fingerprint density at radius 1 is 1.62 bits per heavy atom. The van der Waals surface area contributed by atoms with Gasteiger partial charge in [-0.1, -0.05) is 13.8 Å². The standard InChI is InChI=1S/C11H18N4O/c1-11(2)3-4-14(8-11)10(16)7-15-6-9(12)5-13-15/h5-6H,3-4,7-8,12H2,1-2H3. The molecule has 2 N–H and O–H groups in total. The number of anilines is 1. The summed E-state index contributed by atoms with van der Waals surface area (Å²) in [5, 5.41) is 4.01. The van der Waals surface area contributed by atoms with Crippen molar-refractivity contribution >= 4 is 11.6 Å². The molecule has 1 aromatic heterocycles. The third-order valence-corrected chi connectivity index (χ3v) is 2.98. The smallest absolute Gasteiger partial charge is 0.244 e. The molecule has 2 heterocycles. The Kier molecular flexibility index (Phi) is 2.61. The SMILES string of the molecule is CC1(C)CCN(C(=O)Cn2cc(N)cn2)C1. The Morgan fingerprint density at radius 2 is 2.38 bits per heavy atom. The maximum Gasteiger partial charge on any atom is 0.244 e. The lowest BCUT2D eigenvalue weighted by atomic mass is 9.93. The third kappa shape index (κ3) is 2.35. The van der Waals surface area contributed by atoms with Crippen molar-refractivity contribution in [3.63, 3.8) is 0 Å². The Hall–Kier alpha value is -1.52. The lowest BCUT2D eigenvalue weighted by Crippen LogP contribution is -2.33. The van der Waals surface area contributed by atoms with Crippen LogP contribution in [0.4, 0.5) is 5.69 Å². The van der Waals surface area contributed by atoms with E-state index in [-0.39, 0.29) is 17.9 Å². The molecule has 0 aliphatic carbocycles. The van der Waals surface area contributed by atoms with E-state index in [2.05, 4.69) is 18.9 Å². The zero-order valence-electron chi connectivity index (χ0n) is 9.81. The maximum atomic E-state index is 11.9. The van der Waals surface area contributed by atoms with Gasteiger partial charge in [0.1, 0.15) is 6.54 Å². The molecule has 1 aliphatic rings. The van der Waals surface area contributed by atoms with Crippen molar-refractivity contribution < 1.29 is 4.79 Å². The van der Waals surface area contributed by atoms with Crippen molar-refractivity contribution in [2.75, 3.05) is 18.8 Å². The first kappa shape index (κ1) is 11.0. The van der Waals surface area contributed by atoms with E-state index in [1.165, 1.54) is 0 Å².